The van der Waals surface area contributed by atoms with Gasteiger partial charge < -0.3 is 29.1 Å². The summed E-state index contributed by atoms with van der Waals surface area (Å²) >= 11 is 0. The van der Waals surface area contributed by atoms with Gasteiger partial charge in [0.05, 0.1) is 19.6 Å². The molecule has 0 unspecified atom stereocenters. The Morgan fingerprint density at radius 1 is 1.00 bits per heavy atom. The van der Waals surface area contributed by atoms with Crippen LogP contribution in [0.15, 0.2) is 42.5 Å². The molecule has 0 amide bonds. The van der Waals surface area contributed by atoms with Gasteiger partial charge in [0.1, 0.15) is 17.6 Å². The van der Waals surface area contributed by atoms with E-state index in [1.165, 1.54) is 11.3 Å². The Kier molecular flexibility index (Phi) is 9.08. The fourth-order valence-corrected chi connectivity index (χ4v) is 5.57. The first-order chi connectivity index (χ1) is 18.1. The van der Waals surface area contributed by atoms with Gasteiger partial charge in [-0.3, -0.25) is 4.79 Å². The number of piperidine rings is 1. The molecule has 2 atom stereocenters. The van der Waals surface area contributed by atoms with Crippen LogP contribution in [0.5, 0.6) is 11.5 Å². The summed E-state index contributed by atoms with van der Waals surface area (Å²) in [6, 6.07) is 14.5. The zero-order chi connectivity index (χ0) is 27.3. The molecule has 0 aromatic heterocycles. The number of carboxylic acid groups (broad SMARTS) is 1. The molecular weight excluding hydrogens is 480 g/mol. The maximum absolute atomic E-state index is 11.3. The number of nitrogens with zero attached hydrogens (tertiary/aromatic N) is 2. The van der Waals surface area contributed by atoms with E-state index in [-0.39, 0.29) is 24.7 Å². The maximum Gasteiger partial charge on any atom is 0.305 e. The van der Waals surface area contributed by atoms with Gasteiger partial charge in [-0.05, 0) is 60.6 Å². The second kappa shape index (κ2) is 12.3. The first-order valence-corrected chi connectivity index (χ1v) is 13.8. The highest BCUT2D eigenvalue weighted by Gasteiger charge is 2.33. The Morgan fingerprint density at radius 3 is 2.29 bits per heavy atom. The Hall–Kier alpha value is -2.93. The number of aliphatic carboxylic acids is 1. The number of methoxy groups -OCH3 is 2. The number of aryl methyl sites for hydroxylation is 1. The molecule has 0 radical (unpaired) electrons. The summed E-state index contributed by atoms with van der Waals surface area (Å²) in [4.78, 5) is 16.0. The zero-order valence-corrected chi connectivity index (χ0v) is 23.6. The molecule has 2 aromatic carbocycles. The second-order valence-corrected chi connectivity index (χ2v) is 11.9. The molecule has 0 aliphatic carbocycles. The van der Waals surface area contributed by atoms with E-state index in [4.69, 9.17) is 14.2 Å². The van der Waals surface area contributed by atoms with Crippen molar-refractivity contribution in [2.75, 3.05) is 43.7 Å². The summed E-state index contributed by atoms with van der Waals surface area (Å²) in [5.74, 6) is 0.980. The van der Waals surface area contributed by atoms with E-state index in [0.717, 1.165) is 62.4 Å². The fourth-order valence-electron chi connectivity index (χ4n) is 5.57. The maximum atomic E-state index is 11.3. The van der Waals surface area contributed by atoms with Crippen LogP contribution >= 0.6 is 0 Å². The lowest BCUT2D eigenvalue weighted by Crippen LogP contribution is -2.38. The van der Waals surface area contributed by atoms with Crippen LogP contribution in [-0.4, -0.2) is 63.2 Å². The third kappa shape index (κ3) is 7.34. The molecule has 0 saturated carbocycles. The van der Waals surface area contributed by atoms with Gasteiger partial charge in [-0.25, -0.2) is 0 Å². The minimum Gasteiger partial charge on any atom is -0.497 e. The molecule has 2 aromatic rings. The van der Waals surface area contributed by atoms with Gasteiger partial charge in [0.15, 0.2) is 0 Å². The third-order valence-corrected chi connectivity index (χ3v) is 7.81. The van der Waals surface area contributed by atoms with Gasteiger partial charge in [-0.2, -0.15) is 0 Å². The highest BCUT2D eigenvalue weighted by atomic mass is 16.5. The van der Waals surface area contributed by atoms with Crippen molar-refractivity contribution in [1.82, 2.24) is 0 Å². The minimum absolute atomic E-state index is 0.0547. The highest BCUT2D eigenvalue weighted by molar-refractivity contribution is 5.69. The van der Waals surface area contributed by atoms with Gasteiger partial charge in [-0.1, -0.05) is 26.8 Å². The van der Waals surface area contributed by atoms with Crippen molar-refractivity contribution in [3.05, 3.63) is 48.0 Å². The number of benzene rings is 2. The largest absolute Gasteiger partial charge is 0.497 e. The summed E-state index contributed by atoms with van der Waals surface area (Å²) < 4.78 is 17.4. The number of anilines is 2. The van der Waals surface area contributed by atoms with Crippen LogP contribution in [0, 0.1) is 5.41 Å². The number of ether oxygens (including phenoxy) is 3. The van der Waals surface area contributed by atoms with Crippen molar-refractivity contribution in [3.8, 4) is 11.5 Å². The lowest BCUT2D eigenvalue weighted by molar-refractivity contribution is -0.137. The van der Waals surface area contributed by atoms with Crippen molar-refractivity contribution < 1.29 is 24.1 Å². The molecule has 7 heteroatoms. The molecule has 0 bridgehead atoms. The molecule has 208 valence electrons. The van der Waals surface area contributed by atoms with Crippen LogP contribution in [0.1, 0.15) is 58.4 Å². The Labute approximate surface area is 227 Å². The van der Waals surface area contributed by atoms with E-state index in [1.54, 1.807) is 14.2 Å². The van der Waals surface area contributed by atoms with Crippen LogP contribution in [0.4, 0.5) is 11.4 Å². The number of rotatable bonds is 10. The SMILES string of the molecule is COc1ccc(CCC(C)(C)C)c(N2CCC(Oc3ccc(N4C[C@H](OC)C[C@@H]4CC(=O)O)cc3)CC2)c1. The number of carbonyl (C=O) groups is 1. The first-order valence-electron chi connectivity index (χ1n) is 13.8. The van der Waals surface area contributed by atoms with E-state index in [2.05, 4.69) is 48.8 Å². The van der Waals surface area contributed by atoms with Crippen molar-refractivity contribution in [2.45, 2.75) is 77.5 Å². The van der Waals surface area contributed by atoms with Crippen molar-refractivity contribution >= 4 is 17.3 Å². The molecule has 0 spiro atoms. The second-order valence-electron chi connectivity index (χ2n) is 11.9. The predicted octanol–water partition coefficient (Wildman–Crippen LogP) is 5.79. The van der Waals surface area contributed by atoms with Crippen LogP contribution in [-0.2, 0) is 16.0 Å². The topological polar surface area (TPSA) is 71.5 Å². The molecule has 38 heavy (non-hydrogen) atoms. The number of hydrogen-bond acceptors (Lipinski definition) is 6. The molecule has 2 fully saturated rings. The van der Waals surface area contributed by atoms with Crippen molar-refractivity contribution in [3.63, 3.8) is 0 Å². The molecule has 4 rings (SSSR count). The van der Waals surface area contributed by atoms with E-state index < -0.39 is 5.97 Å². The standard InChI is InChI=1S/C31H44N2O5/c1-31(2,3)15-12-22-6-9-27(36-4)20-29(22)32-16-13-26(14-17-32)38-25-10-7-23(8-11-25)33-21-28(37-5)18-24(33)19-30(34)35/h6-11,20,24,26,28H,12-19,21H2,1-5H3,(H,34,35)/t24-,28-/m1/s1. The van der Waals surface area contributed by atoms with Gasteiger partial charge >= 0.3 is 5.97 Å². The van der Waals surface area contributed by atoms with Crippen LogP contribution in [0.3, 0.4) is 0 Å². The normalized spacial score (nSPS) is 20.6. The monoisotopic (exact) mass is 524 g/mol. The lowest BCUT2D eigenvalue weighted by Gasteiger charge is -2.35. The van der Waals surface area contributed by atoms with E-state index in [9.17, 15) is 9.90 Å². The summed E-state index contributed by atoms with van der Waals surface area (Å²) in [7, 11) is 3.42. The van der Waals surface area contributed by atoms with Crippen molar-refractivity contribution in [1.29, 1.82) is 0 Å². The zero-order valence-electron chi connectivity index (χ0n) is 23.6. The van der Waals surface area contributed by atoms with Gasteiger partial charge in [0, 0.05) is 63.1 Å². The van der Waals surface area contributed by atoms with E-state index >= 15 is 0 Å². The average molecular weight is 525 g/mol. The third-order valence-electron chi connectivity index (χ3n) is 7.81. The smallest absolute Gasteiger partial charge is 0.305 e. The number of hydrogen-bond donors (Lipinski definition) is 1. The molecule has 2 saturated heterocycles. The minimum atomic E-state index is -0.779. The molecule has 1 N–H and O–H groups in total. The van der Waals surface area contributed by atoms with Crippen LogP contribution in [0.25, 0.3) is 0 Å². The van der Waals surface area contributed by atoms with E-state index in [0.29, 0.717) is 12.0 Å². The fraction of sp³-hybridized carbons (Fsp3) is 0.581. The van der Waals surface area contributed by atoms with Gasteiger partial charge in [0.25, 0.3) is 0 Å². The first kappa shape index (κ1) is 28.1. The molecule has 2 aliphatic rings. The predicted molar refractivity (Wildman–Crippen MR) is 152 cm³/mol. The molecule has 2 heterocycles. The summed E-state index contributed by atoms with van der Waals surface area (Å²) in [5, 5.41) is 9.32. The highest BCUT2D eigenvalue weighted by Crippen LogP contribution is 2.34. The molecule has 7 nitrogen and oxygen atoms in total. The van der Waals surface area contributed by atoms with Crippen LogP contribution < -0.4 is 19.3 Å². The van der Waals surface area contributed by atoms with Gasteiger partial charge in [-0.15, -0.1) is 0 Å². The summed E-state index contributed by atoms with van der Waals surface area (Å²) in [6.45, 7) is 9.47. The number of carboxylic acids is 1. The van der Waals surface area contributed by atoms with E-state index in [1.807, 2.05) is 24.3 Å². The average Bonchev–Trinajstić information content (AvgIpc) is 3.30. The Bertz CT molecular complexity index is 1060. The lowest BCUT2D eigenvalue weighted by atomic mass is 9.88. The van der Waals surface area contributed by atoms with Crippen LogP contribution in [0.2, 0.25) is 0 Å². The quantitative estimate of drug-likeness (QED) is 0.422. The van der Waals surface area contributed by atoms with Gasteiger partial charge in [0.2, 0.25) is 0 Å². The Morgan fingerprint density at radius 2 is 1.68 bits per heavy atom. The van der Waals surface area contributed by atoms with Crippen molar-refractivity contribution in [2.24, 2.45) is 5.41 Å². The summed E-state index contributed by atoms with van der Waals surface area (Å²) in [6.07, 6.45) is 5.18. The Balaban J connectivity index is 1.35. The molecular formula is C31H44N2O5. The summed E-state index contributed by atoms with van der Waals surface area (Å²) in [5.41, 5.74) is 3.98. The molecule has 2 aliphatic heterocycles.